The van der Waals surface area contributed by atoms with Gasteiger partial charge in [-0.3, -0.25) is 20.7 Å². The maximum Gasteiger partial charge on any atom is 0.231 e. The lowest BCUT2D eigenvalue weighted by Gasteiger charge is -2.13. The molecule has 8 heteroatoms. The molecule has 0 bridgehead atoms. The van der Waals surface area contributed by atoms with E-state index in [2.05, 4.69) is 35.7 Å². The van der Waals surface area contributed by atoms with Crippen molar-refractivity contribution in [2.75, 3.05) is 46.5 Å². The van der Waals surface area contributed by atoms with E-state index >= 15 is 0 Å². The van der Waals surface area contributed by atoms with Crippen LogP contribution in [0.3, 0.4) is 0 Å². The summed E-state index contributed by atoms with van der Waals surface area (Å²) in [4.78, 5) is 12.3. The van der Waals surface area contributed by atoms with Crippen LogP contribution in [0.25, 0.3) is 0 Å². The molecule has 1 rings (SSSR count). The zero-order valence-corrected chi connectivity index (χ0v) is 15.0. The van der Waals surface area contributed by atoms with E-state index in [1.807, 2.05) is 6.07 Å². The first-order chi connectivity index (χ1) is 11.0. The van der Waals surface area contributed by atoms with E-state index in [1.54, 1.807) is 18.8 Å². The van der Waals surface area contributed by atoms with Crippen LogP contribution in [-0.4, -0.2) is 62.5 Å². The number of hydrogen-bond donors (Lipinski definition) is 2. The summed E-state index contributed by atoms with van der Waals surface area (Å²) in [5, 5.41) is 16.5. The van der Waals surface area contributed by atoms with Crippen molar-refractivity contribution in [1.82, 2.24) is 15.5 Å². The quantitative estimate of drug-likeness (QED) is 0.242. The van der Waals surface area contributed by atoms with Crippen LogP contribution in [0.1, 0.15) is 17.9 Å². The molecule has 0 amide bonds. The van der Waals surface area contributed by atoms with Gasteiger partial charge in [-0.15, -0.1) is 0 Å². The summed E-state index contributed by atoms with van der Waals surface area (Å²) >= 11 is 1.76. The Kier molecular flexibility index (Phi) is 9.93. The van der Waals surface area contributed by atoms with Crippen molar-refractivity contribution in [3.63, 3.8) is 0 Å². The number of thioether (sulfide) groups is 1. The van der Waals surface area contributed by atoms with Gasteiger partial charge < -0.3 is 9.32 Å². The van der Waals surface area contributed by atoms with Crippen molar-refractivity contribution >= 4 is 11.8 Å². The van der Waals surface area contributed by atoms with Crippen LogP contribution < -0.4 is 10.6 Å². The number of nitrogens with one attached hydrogen (secondary N) is 2. The summed E-state index contributed by atoms with van der Waals surface area (Å²) in [5.74, 6) is 3.74. The maximum absolute atomic E-state index is 10.5. The molecule has 1 unspecified atom stereocenters. The van der Waals surface area contributed by atoms with Crippen LogP contribution in [0, 0.1) is 10.1 Å². The second-order valence-electron chi connectivity index (χ2n) is 5.64. The average Bonchev–Trinajstić information content (AvgIpc) is 2.92. The van der Waals surface area contributed by atoms with Gasteiger partial charge in [-0.2, -0.15) is 11.8 Å². The number of nitro groups is 1. The third-order valence-corrected chi connectivity index (χ3v) is 4.29. The molecule has 1 atom stereocenters. The Morgan fingerprint density at radius 2 is 2.13 bits per heavy atom. The zero-order chi connectivity index (χ0) is 17.1. The first-order valence-electron chi connectivity index (χ1n) is 7.83. The second kappa shape index (κ2) is 11.4. The fourth-order valence-electron chi connectivity index (χ4n) is 2.09. The van der Waals surface area contributed by atoms with Crippen molar-refractivity contribution in [3.05, 3.63) is 33.8 Å². The van der Waals surface area contributed by atoms with E-state index in [4.69, 9.17) is 4.42 Å². The highest BCUT2D eigenvalue weighted by atomic mass is 32.2. The molecule has 0 radical (unpaired) electrons. The van der Waals surface area contributed by atoms with Crippen molar-refractivity contribution in [3.8, 4) is 0 Å². The molecule has 0 aliphatic heterocycles. The Bertz CT molecular complexity index is 454. The van der Waals surface area contributed by atoms with Gasteiger partial charge in [0.15, 0.2) is 0 Å². The van der Waals surface area contributed by atoms with Crippen molar-refractivity contribution in [2.24, 2.45) is 0 Å². The molecule has 1 heterocycles. The topological polar surface area (TPSA) is 83.6 Å². The van der Waals surface area contributed by atoms with Gasteiger partial charge in [-0.1, -0.05) is 0 Å². The Morgan fingerprint density at radius 3 is 2.78 bits per heavy atom. The fraction of sp³-hybridized carbons (Fsp3) is 0.733. The molecule has 132 valence electrons. The lowest BCUT2D eigenvalue weighted by Crippen LogP contribution is -2.46. The lowest BCUT2D eigenvalue weighted by atomic mass is 10.2. The molecule has 0 aromatic carbocycles. The van der Waals surface area contributed by atoms with Crippen LogP contribution in [0.2, 0.25) is 0 Å². The summed E-state index contributed by atoms with van der Waals surface area (Å²) in [6, 6.07) is 4.09. The van der Waals surface area contributed by atoms with Gasteiger partial charge in [0.1, 0.15) is 17.7 Å². The summed E-state index contributed by atoms with van der Waals surface area (Å²) in [6.07, 6.45) is 1.78. The highest BCUT2D eigenvalue weighted by Crippen LogP contribution is 2.16. The highest BCUT2D eigenvalue weighted by Gasteiger charge is 2.11. The van der Waals surface area contributed by atoms with E-state index in [0.29, 0.717) is 0 Å². The van der Waals surface area contributed by atoms with Gasteiger partial charge >= 0.3 is 0 Å². The Morgan fingerprint density at radius 1 is 1.39 bits per heavy atom. The summed E-state index contributed by atoms with van der Waals surface area (Å²) in [5.41, 5.74) is 0. The number of rotatable bonds is 13. The Hall–Kier alpha value is -1.09. The highest BCUT2D eigenvalue weighted by molar-refractivity contribution is 7.98. The van der Waals surface area contributed by atoms with Crippen LogP contribution in [0.15, 0.2) is 16.5 Å². The van der Waals surface area contributed by atoms with Crippen LogP contribution in [0.4, 0.5) is 0 Å². The fourth-order valence-corrected chi connectivity index (χ4v) is 2.85. The number of hydrogen-bond acceptors (Lipinski definition) is 7. The molecule has 1 aromatic rings. The van der Waals surface area contributed by atoms with E-state index in [1.165, 1.54) is 0 Å². The largest absolute Gasteiger partial charge is 0.465 e. The molecule has 0 saturated carbocycles. The normalized spacial score (nSPS) is 12.7. The minimum atomic E-state index is -0.317. The molecule has 0 fully saturated rings. The average molecular weight is 344 g/mol. The minimum Gasteiger partial charge on any atom is -0.465 e. The summed E-state index contributed by atoms with van der Waals surface area (Å²) in [6.45, 7) is 1.67. The maximum atomic E-state index is 10.5. The van der Waals surface area contributed by atoms with Gasteiger partial charge in [0.25, 0.3) is 0 Å². The number of aryl methyl sites for hydroxylation is 1. The third kappa shape index (κ3) is 9.60. The van der Waals surface area contributed by atoms with Gasteiger partial charge in [0.2, 0.25) is 6.54 Å². The van der Waals surface area contributed by atoms with E-state index < -0.39 is 0 Å². The molecule has 7 nitrogen and oxygen atoms in total. The first kappa shape index (κ1) is 20.0. The number of nitrogens with zero attached hydrogens (tertiary/aromatic N) is 2. The van der Waals surface area contributed by atoms with Crippen LogP contribution in [-0.2, 0) is 12.2 Å². The third-order valence-electron chi connectivity index (χ3n) is 3.31. The Labute approximate surface area is 142 Å². The molecular weight excluding hydrogens is 316 g/mol. The van der Waals surface area contributed by atoms with E-state index in [9.17, 15) is 10.1 Å². The monoisotopic (exact) mass is 344 g/mol. The lowest BCUT2D eigenvalue weighted by molar-refractivity contribution is -0.484. The number of likely N-dealkylation sites (N-methyl/N-ethyl adjacent to an activating group) is 1. The zero-order valence-electron chi connectivity index (χ0n) is 14.2. The smallest absolute Gasteiger partial charge is 0.231 e. The predicted molar refractivity (Wildman–Crippen MR) is 94.5 cm³/mol. The minimum absolute atomic E-state index is 0.115. The van der Waals surface area contributed by atoms with E-state index in [0.717, 1.165) is 49.0 Å². The molecule has 1 aromatic heterocycles. The molecule has 0 spiro atoms. The van der Waals surface area contributed by atoms with Crippen molar-refractivity contribution in [1.29, 1.82) is 0 Å². The molecular formula is C15H28N4O3S. The SMILES string of the molecule is CNC(C[N+](=O)[O-])NCCSCc1ccc(CCCN(C)C)o1. The molecule has 23 heavy (non-hydrogen) atoms. The molecule has 0 saturated heterocycles. The van der Waals surface area contributed by atoms with Crippen molar-refractivity contribution < 1.29 is 9.34 Å². The van der Waals surface area contributed by atoms with Gasteiger partial charge in [-0.25, -0.2) is 0 Å². The van der Waals surface area contributed by atoms with Crippen LogP contribution >= 0.6 is 11.8 Å². The van der Waals surface area contributed by atoms with Crippen LogP contribution in [0.5, 0.6) is 0 Å². The molecule has 2 N–H and O–H groups in total. The molecule has 0 aliphatic rings. The van der Waals surface area contributed by atoms with E-state index in [-0.39, 0.29) is 17.6 Å². The van der Waals surface area contributed by atoms with Gasteiger partial charge in [0, 0.05) is 23.6 Å². The van der Waals surface area contributed by atoms with Gasteiger partial charge in [-0.05, 0) is 46.2 Å². The Balaban J connectivity index is 2.13. The summed E-state index contributed by atoms with van der Waals surface area (Å²) in [7, 11) is 5.86. The van der Waals surface area contributed by atoms with Crippen molar-refractivity contribution in [2.45, 2.75) is 24.8 Å². The van der Waals surface area contributed by atoms with Gasteiger partial charge in [0.05, 0.1) is 5.75 Å². The molecule has 0 aliphatic carbocycles. The summed E-state index contributed by atoms with van der Waals surface area (Å²) < 4.78 is 5.81. The predicted octanol–water partition coefficient (Wildman–Crippen LogP) is 1.42. The first-order valence-corrected chi connectivity index (χ1v) is 8.99. The second-order valence-corrected chi connectivity index (χ2v) is 6.74. The standard InChI is InChI=1S/C15H28N4O3S/c1-16-15(11-19(20)21)17-8-10-23-12-14-7-6-13(22-14)5-4-9-18(2)3/h6-7,15-17H,4-5,8-12H2,1-3H3. The number of furan rings is 1.